The summed E-state index contributed by atoms with van der Waals surface area (Å²) in [5.41, 5.74) is 0.591. The van der Waals surface area contributed by atoms with Gasteiger partial charge in [-0.1, -0.05) is 44.1 Å². The summed E-state index contributed by atoms with van der Waals surface area (Å²) in [5.74, 6) is -1.63. The van der Waals surface area contributed by atoms with Gasteiger partial charge in [-0.15, -0.1) is 0 Å². The third-order valence-electron chi connectivity index (χ3n) is 9.41. The zero-order valence-corrected chi connectivity index (χ0v) is 22.9. The number of likely N-dealkylation sites (tertiary alicyclic amines) is 1. The number of benzene rings is 1. The monoisotopic (exact) mass is 536 g/mol. The van der Waals surface area contributed by atoms with Crippen molar-refractivity contribution < 1.29 is 23.9 Å². The molecule has 3 amide bonds. The van der Waals surface area contributed by atoms with Crippen molar-refractivity contribution in [2.24, 2.45) is 17.8 Å². The highest BCUT2D eigenvalue weighted by Crippen LogP contribution is 2.55. The summed E-state index contributed by atoms with van der Waals surface area (Å²) in [4.78, 5) is 45.8. The van der Waals surface area contributed by atoms with Crippen molar-refractivity contribution in [3.8, 4) is 0 Å². The van der Waals surface area contributed by atoms with Gasteiger partial charge < -0.3 is 25.0 Å². The van der Waals surface area contributed by atoms with Crippen LogP contribution >= 0.6 is 0 Å². The minimum absolute atomic E-state index is 0.0842. The van der Waals surface area contributed by atoms with Gasteiger partial charge in [0.1, 0.15) is 11.6 Å². The van der Waals surface area contributed by atoms with E-state index in [0.717, 1.165) is 37.9 Å². The number of nitrogens with zero attached hydrogens (tertiary/aromatic N) is 2. The van der Waals surface area contributed by atoms with Gasteiger partial charge in [-0.05, 0) is 43.4 Å². The highest BCUT2D eigenvalue weighted by Gasteiger charge is 2.72. The molecule has 1 aliphatic carbocycles. The number of carbonyl (C=O) groups excluding carboxylic acids is 3. The Bertz CT molecular complexity index is 1150. The number of carbonyl (C=O) groups is 3. The molecule has 0 aromatic heterocycles. The van der Waals surface area contributed by atoms with Gasteiger partial charge in [0.2, 0.25) is 17.7 Å². The van der Waals surface area contributed by atoms with Crippen LogP contribution in [0.3, 0.4) is 0 Å². The molecule has 1 aromatic rings. The van der Waals surface area contributed by atoms with Gasteiger partial charge in [0.05, 0.1) is 31.2 Å². The molecule has 9 nitrogen and oxygen atoms in total. The average Bonchev–Trinajstić information content (AvgIpc) is 3.56. The van der Waals surface area contributed by atoms with E-state index in [4.69, 9.17) is 9.47 Å². The molecule has 5 aliphatic rings. The molecule has 3 saturated heterocycles. The molecule has 0 radical (unpaired) electrons. The van der Waals surface area contributed by atoms with Gasteiger partial charge in [-0.3, -0.25) is 19.3 Å². The molecule has 0 unspecified atom stereocenters. The van der Waals surface area contributed by atoms with E-state index in [0.29, 0.717) is 37.9 Å². The maximum atomic E-state index is 14.1. The first kappa shape index (κ1) is 26.5. The second-order valence-corrected chi connectivity index (χ2v) is 11.9. The Morgan fingerprint density at radius 3 is 2.67 bits per heavy atom. The summed E-state index contributed by atoms with van der Waals surface area (Å²) in [6.45, 7) is 8.14. The van der Waals surface area contributed by atoms with E-state index in [1.807, 2.05) is 43.3 Å². The van der Waals surface area contributed by atoms with Gasteiger partial charge in [0.25, 0.3) is 0 Å². The fraction of sp³-hybridized carbons (Fsp3) is 0.633. The Hall–Kier alpha value is -2.75. The van der Waals surface area contributed by atoms with E-state index in [1.165, 1.54) is 6.42 Å². The number of ether oxygens (including phenoxy) is 2. The fourth-order valence-corrected chi connectivity index (χ4v) is 7.32. The lowest BCUT2D eigenvalue weighted by Crippen LogP contribution is -2.58. The SMILES string of the molecule is Cc1cccc(NC(=O)[C@@H]2[C@@H]3C=C[C@]4(O3)[C@@H]2C(=O)N(CCN2CCOCC2)[C@H]4C(=O)N[C@H]2CCCC[C@H]2C)c1. The van der Waals surface area contributed by atoms with Crippen LogP contribution in [0.5, 0.6) is 0 Å². The van der Waals surface area contributed by atoms with Crippen LogP contribution in [-0.2, 0) is 23.9 Å². The van der Waals surface area contributed by atoms with E-state index < -0.39 is 29.6 Å². The summed E-state index contributed by atoms with van der Waals surface area (Å²) in [5, 5.41) is 6.31. The lowest BCUT2D eigenvalue weighted by atomic mass is 9.74. The van der Waals surface area contributed by atoms with Crippen LogP contribution in [0.15, 0.2) is 36.4 Å². The quantitative estimate of drug-likeness (QED) is 0.518. The van der Waals surface area contributed by atoms with E-state index in [-0.39, 0.29) is 23.8 Å². The van der Waals surface area contributed by atoms with E-state index >= 15 is 0 Å². The van der Waals surface area contributed by atoms with Crippen LogP contribution in [0.2, 0.25) is 0 Å². The average molecular weight is 537 g/mol. The number of morpholine rings is 1. The van der Waals surface area contributed by atoms with E-state index in [2.05, 4.69) is 22.5 Å². The topological polar surface area (TPSA) is 100 Å². The second-order valence-electron chi connectivity index (χ2n) is 11.9. The van der Waals surface area contributed by atoms with E-state index in [9.17, 15) is 14.4 Å². The number of nitrogens with one attached hydrogen (secondary N) is 2. The molecule has 1 aromatic carbocycles. The van der Waals surface area contributed by atoms with Crippen molar-refractivity contribution in [1.82, 2.24) is 15.1 Å². The lowest BCUT2D eigenvalue weighted by molar-refractivity contribution is -0.142. The molecular weight excluding hydrogens is 496 g/mol. The summed E-state index contributed by atoms with van der Waals surface area (Å²) in [6.07, 6.45) is 7.53. The molecule has 1 spiro atoms. The summed E-state index contributed by atoms with van der Waals surface area (Å²) < 4.78 is 12.0. The number of hydrogen-bond donors (Lipinski definition) is 2. The predicted molar refractivity (Wildman–Crippen MR) is 146 cm³/mol. The molecule has 9 heteroatoms. The zero-order valence-electron chi connectivity index (χ0n) is 22.9. The molecule has 7 atom stereocenters. The van der Waals surface area contributed by atoms with Crippen molar-refractivity contribution in [3.05, 3.63) is 42.0 Å². The molecule has 2 N–H and O–H groups in total. The normalized spacial score (nSPS) is 35.7. The zero-order chi connectivity index (χ0) is 27.1. The van der Waals surface area contributed by atoms with Crippen LogP contribution < -0.4 is 10.6 Å². The number of rotatable bonds is 7. The molecule has 2 bridgehead atoms. The van der Waals surface area contributed by atoms with Crippen molar-refractivity contribution in [2.75, 3.05) is 44.7 Å². The van der Waals surface area contributed by atoms with Gasteiger partial charge in [-0.25, -0.2) is 0 Å². The largest absolute Gasteiger partial charge is 0.379 e. The van der Waals surface area contributed by atoms with Gasteiger partial charge in [-0.2, -0.15) is 0 Å². The number of aryl methyl sites for hydroxylation is 1. The van der Waals surface area contributed by atoms with Crippen LogP contribution in [0.25, 0.3) is 0 Å². The molecule has 1 saturated carbocycles. The van der Waals surface area contributed by atoms with Gasteiger partial charge in [0.15, 0.2) is 0 Å². The number of amides is 3. The molecule has 4 fully saturated rings. The first-order valence-electron chi connectivity index (χ1n) is 14.5. The minimum atomic E-state index is -1.14. The maximum Gasteiger partial charge on any atom is 0.246 e. The number of anilines is 1. The first-order chi connectivity index (χ1) is 18.9. The Balaban J connectivity index is 1.27. The molecule has 4 heterocycles. The molecule has 210 valence electrons. The highest BCUT2D eigenvalue weighted by molar-refractivity contribution is 6.02. The highest BCUT2D eigenvalue weighted by atomic mass is 16.5. The molecule has 6 rings (SSSR count). The second kappa shape index (κ2) is 10.7. The summed E-state index contributed by atoms with van der Waals surface area (Å²) in [6, 6.07) is 6.90. The third-order valence-corrected chi connectivity index (χ3v) is 9.41. The van der Waals surface area contributed by atoms with E-state index in [1.54, 1.807) is 4.90 Å². The summed E-state index contributed by atoms with van der Waals surface area (Å²) in [7, 11) is 0. The van der Waals surface area contributed by atoms with Crippen LogP contribution in [0.4, 0.5) is 5.69 Å². The van der Waals surface area contributed by atoms with Crippen molar-refractivity contribution in [2.45, 2.75) is 63.3 Å². The van der Waals surface area contributed by atoms with Crippen LogP contribution in [0.1, 0.15) is 38.2 Å². The van der Waals surface area contributed by atoms with Crippen LogP contribution in [-0.4, -0.2) is 90.7 Å². The van der Waals surface area contributed by atoms with Crippen molar-refractivity contribution in [3.63, 3.8) is 0 Å². The Labute approximate surface area is 230 Å². The van der Waals surface area contributed by atoms with Gasteiger partial charge in [0, 0.05) is 37.9 Å². The smallest absolute Gasteiger partial charge is 0.246 e. The Morgan fingerprint density at radius 2 is 1.90 bits per heavy atom. The lowest BCUT2D eigenvalue weighted by Gasteiger charge is -2.36. The first-order valence-corrected chi connectivity index (χ1v) is 14.5. The Kier molecular flexibility index (Phi) is 7.24. The third kappa shape index (κ3) is 4.78. The van der Waals surface area contributed by atoms with Crippen molar-refractivity contribution >= 4 is 23.4 Å². The van der Waals surface area contributed by atoms with Crippen LogP contribution in [0, 0.1) is 24.7 Å². The number of hydrogen-bond acceptors (Lipinski definition) is 6. The predicted octanol–water partition coefficient (Wildman–Crippen LogP) is 2.11. The molecular formula is C30H40N4O5. The van der Waals surface area contributed by atoms with Gasteiger partial charge >= 0.3 is 0 Å². The fourth-order valence-electron chi connectivity index (χ4n) is 7.32. The Morgan fingerprint density at radius 1 is 1.10 bits per heavy atom. The minimum Gasteiger partial charge on any atom is -0.379 e. The molecule has 4 aliphatic heterocycles. The molecule has 39 heavy (non-hydrogen) atoms. The number of fused-ring (bicyclic) bond motifs is 1. The maximum absolute atomic E-state index is 14.1. The van der Waals surface area contributed by atoms with Crippen molar-refractivity contribution in [1.29, 1.82) is 0 Å². The summed E-state index contributed by atoms with van der Waals surface area (Å²) >= 11 is 0. The standard InChI is InChI=1S/C30H40N4O5/c1-19-6-5-8-21(18-19)31-27(35)24-23-10-11-30(39-23)25(24)29(37)34(13-12-33-14-16-38-17-15-33)26(30)28(36)32-22-9-4-3-7-20(22)2/h5-6,8,10-11,18,20,22-26H,3-4,7,9,12-17H2,1-2H3,(H,31,35)(H,32,36)/t20-,22+,23+,24-,25+,26+,30+/m1/s1.